The van der Waals surface area contributed by atoms with Crippen molar-refractivity contribution in [2.45, 2.75) is 52.9 Å². The Morgan fingerprint density at radius 1 is 1.09 bits per heavy atom. The van der Waals surface area contributed by atoms with Crippen molar-refractivity contribution in [2.75, 3.05) is 13.1 Å². The monoisotopic (exact) mass is 302 g/mol. The predicted molar refractivity (Wildman–Crippen MR) is 86.2 cm³/mol. The quantitative estimate of drug-likeness (QED) is 0.850. The molecule has 0 bridgehead atoms. The Labute approximate surface area is 132 Å². The van der Waals surface area contributed by atoms with Crippen LogP contribution >= 0.6 is 0 Å². The minimum Gasteiger partial charge on any atom is -0.354 e. The number of piperidine rings is 1. The number of aryl methyl sites for hydroxylation is 1. The summed E-state index contributed by atoms with van der Waals surface area (Å²) in [5, 5.41) is 0. The van der Waals surface area contributed by atoms with Crippen molar-refractivity contribution in [2.24, 2.45) is 11.8 Å². The van der Waals surface area contributed by atoms with Crippen molar-refractivity contribution >= 4 is 11.7 Å². The predicted octanol–water partition coefficient (Wildman–Crippen LogP) is 3.49. The number of ketones is 1. The fraction of sp³-hybridized carbons (Fsp3) is 0.667. The van der Waals surface area contributed by atoms with E-state index < -0.39 is 0 Å². The highest BCUT2D eigenvalue weighted by Crippen LogP contribution is 2.36. The lowest BCUT2D eigenvalue weighted by molar-refractivity contribution is 0.0515. The maximum atomic E-state index is 12.9. The second-order valence-electron chi connectivity index (χ2n) is 7.03. The first-order chi connectivity index (χ1) is 10.5. The van der Waals surface area contributed by atoms with E-state index in [1.807, 2.05) is 18.7 Å². The van der Waals surface area contributed by atoms with Crippen LogP contribution in [-0.4, -0.2) is 34.7 Å². The van der Waals surface area contributed by atoms with Crippen LogP contribution in [0.15, 0.2) is 0 Å². The molecule has 0 spiro atoms. The van der Waals surface area contributed by atoms with Crippen molar-refractivity contribution in [1.29, 1.82) is 0 Å². The molecule has 1 aromatic heterocycles. The van der Waals surface area contributed by atoms with E-state index in [0.717, 1.165) is 36.7 Å². The van der Waals surface area contributed by atoms with Crippen LogP contribution in [0.25, 0.3) is 0 Å². The molecule has 1 aromatic rings. The molecule has 2 unspecified atom stereocenters. The van der Waals surface area contributed by atoms with Crippen LogP contribution in [-0.2, 0) is 0 Å². The van der Waals surface area contributed by atoms with Gasteiger partial charge in [0.15, 0.2) is 5.78 Å². The molecule has 1 amide bonds. The van der Waals surface area contributed by atoms with E-state index in [2.05, 4.69) is 4.98 Å². The van der Waals surface area contributed by atoms with Gasteiger partial charge >= 0.3 is 0 Å². The summed E-state index contributed by atoms with van der Waals surface area (Å²) in [4.78, 5) is 29.8. The molecule has 120 valence electrons. The molecule has 1 saturated carbocycles. The Kier molecular flexibility index (Phi) is 4.11. The first-order valence-electron chi connectivity index (χ1n) is 8.48. The van der Waals surface area contributed by atoms with E-state index in [-0.39, 0.29) is 11.7 Å². The van der Waals surface area contributed by atoms with Crippen molar-refractivity contribution in [3.8, 4) is 0 Å². The minimum atomic E-state index is 0.0243. The van der Waals surface area contributed by atoms with Crippen molar-refractivity contribution in [3.63, 3.8) is 0 Å². The Morgan fingerprint density at radius 3 is 2.41 bits per heavy atom. The zero-order valence-electron chi connectivity index (χ0n) is 13.9. The number of nitrogens with zero attached hydrogens (tertiary/aromatic N) is 1. The summed E-state index contributed by atoms with van der Waals surface area (Å²) < 4.78 is 0. The van der Waals surface area contributed by atoms with E-state index in [1.54, 1.807) is 6.92 Å². The van der Waals surface area contributed by atoms with Gasteiger partial charge in [-0.2, -0.15) is 0 Å². The topological polar surface area (TPSA) is 53.2 Å². The van der Waals surface area contributed by atoms with Gasteiger partial charge in [-0.1, -0.05) is 19.3 Å². The van der Waals surface area contributed by atoms with Crippen LogP contribution in [0.3, 0.4) is 0 Å². The second-order valence-corrected chi connectivity index (χ2v) is 7.03. The van der Waals surface area contributed by atoms with E-state index in [9.17, 15) is 9.59 Å². The number of aromatic amines is 1. The van der Waals surface area contributed by atoms with Gasteiger partial charge in [0.25, 0.3) is 5.91 Å². The summed E-state index contributed by atoms with van der Waals surface area (Å²) in [6, 6.07) is 0. The fourth-order valence-corrected chi connectivity index (χ4v) is 4.44. The molecule has 0 radical (unpaired) electrons. The maximum absolute atomic E-state index is 12.9. The summed E-state index contributed by atoms with van der Waals surface area (Å²) in [7, 11) is 0. The number of Topliss-reactive ketones (excluding diaryl/α,β-unsaturated/α-hetero) is 1. The molecule has 2 heterocycles. The molecule has 2 aliphatic rings. The number of amides is 1. The number of hydrogen-bond donors (Lipinski definition) is 1. The van der Waals surface area contributed by atoms with Gasteiger partial charge in [-0.25, -0.2) is 0 Å². The Morgan fingerprint density at radius 2 is 1.77 bits per heavy atom. The highest BCUT2D eigenvalue weighted by Gasteiger charge is 2.34. The first kappa shape index (κ1) is 15.3. The molecule has 0 aromatic carbocycles. The lowest BCUT2D eigenvalue weighted by atomic mass is 9.75. The first-order valence-corrected chi connectivity index (χ1v) is 8.48. The highest BCUT2D eigenvalue weighted by molar-refractivity contribution is 6.02. The Hall–Kier alpha value is -1.58. The van der Waals surface area contributed by atoms with Gasteiger partial charge in [-0.3, -0.25) is 9.59 Å². The molecule has 1 N–H and O–H groups in total. The molecule has 2 atom stereocenters. The van der Waals surface area contributed by atoms with Crippen molar-refractivity contribution in [1.82, 2.24) is 9.88 Å². The van der Waals surface area contributed by atoms with Crippen molar-refractivity contribution in [3.05, 3.63) is 22.5 Å². The zero-order chi connectivity index (χ0) is 15.9. The van der Waals surface area contributed by atoms with Crippen LogP contribution in [0.1, 0.15) is 71.1 Å². The highest BCUT2D eigenvalue weighted by atomic mass is 16.2. The molecule has 1 aliphatic carbocycles. The Bertz CT molecular complexity index is 602. The fourth-order valence-electron chi connectivity index (χ4n) is 4.44. The molecule has 4 nitrogen and oxygen atoms in total. The summed E-state index contributed by atoms with van der Waals surface area (Å²) in [5.41, 5.74) is 2.90. The van der Waals surface area contributed by atoms with Crippen LogP contribution in [0.2, 0.25) is 0 Å². The number of nitrogens with one attached hydrogen (secondary N) is 1. The van der Waals surface area contributed by atoms with E-state index >= 15 is 0 Å². The summed E-state index contributed by atoms with van der Waals surface area (Å²) in [6.07, 6.45) is 6.39. The maximum Gasteiger partial charge on any atom is 0.270 e. The van der Waals surface area contributed by atoms with Gasteiger partial charge in [0, 0.05) is 24.3 Å². The van der Waals surface area contributed by atoms with Gasteiger partial charge in [0.1, 0.15) is 5.69 Å². The lowest BCUT2D eigenvalue weighted by Gasteiger charge is -2.41. The van der Waals surface area contributed by atoms with Crippen LogP contribution < -0.4 is 0 Å². The smallest absolute Gasteiger partial charge is 0.270 e. The van der Waals surface area contributed by atoms with Gasteiger partial charge in [-0.05, 0) is 51.0 Å². The Balaban J connectivity index is 1.80. The number of likely N-dealkylation sites (tertiary alicyclic amines) is 1. The standard InChI is InChI=1S/C18H26N2O2/c1-11-16(13(3)21)12(2)19-17(11)18(22)20-9-8-14-6-4-5-7-15(14)10-20/h14-15,19H,4-10H2,1-3H3. The third-order valence-corrected chi connectivity index (χ3v) is 5.58. The van der Waals surface area contributed by atoms with Crippen LogP contribution in [0.4, 0.5) is 0 Å². The van der Waals surface area contributed by atoms with Gasteiger partial charge < -0.3 is 9.88 Å². The largest absolute Gasteiger partial charge is 0.354 e. The number of hydrogen-bond acceptors (Lipinski definition) is 2. The number of carbonyl (C=O) groups is 2. The number of H-pyrrole nitrogens is 1. The summed E-state index contributed by atoms with van der Waals surface area (Å²) >= 11 is 0. The molecule has 22 heavy (non-hydrogen) atoms. The molecule has 4 heteroatoms. The van der Waals surface area contributed by atoms with E-state index in [4.69, 9.17) is 0 Å². The second kappa shape index (κ2) is 5.90. The molecule has 2 fully saturated rings. The molecule has 3 rings (SSSR count). The van der Waals surface area contributed by atoms with Gasteiger partial charge in [0.2, 0.25) is 0 Å². The summed E-state index contributed by atoms with van der Waals surface area (Å²) in [5.74, 6) is 1.58. The molecule has 1 aliphatic heterocycles. The SMILES string of the molecule is CC(=O)c1c(C)[nH]c(C(=O)N2CCC3CCCCC3C2)c1C. The number of carbonyl (C=O) groups excluding carboxylic acids is 2. The number of rotatable bonds is 2. The molecular formula is C18H26N2O2. The molecular weight excluding hydrogens is 276 g/mol. The number of fused-ring (bicyclic) bond motifs is 1. The van der Waals surface area contributed by atoms with Crippen LogP contribution in [0, 0.1) is 25.7 Å². The van der Waals surface area contributed by atoms with E-state index in [0.29, 0.717) is 17.2 Å². The molecule has 1 saturated heterocycles. The summed E-state index contributed by atoms with van der Waals surface area (Å²) in [6.45, 7) is 7.04. The zero-order valence-corrected chi connectivity index (χ0v) is 13.9. The third kappa shape index (κ3) is 2.59. The number of aromatic nitrogens is 1. The third-order valence-electron chi connectivity index (χ3n) is 5.58. The van der Waals surface area contributed by atoms with Crippen LogP contribution in [0.5, 0.6) is 0 Å². The normalized spacial score (nSPS) is 25.0. The average Bonchev–Trinajstić information content (AvgIpc) is 2.81. The lowest BCUT2D eigenvalue weighted by Crippen LogP contribution is -2.45. The van der Waals surface area contributed by atoms with Gasteiger partial charge in [-0.15, -0.1) is 0 Å². The average molecular weight is 302 g/mol. The van der Waals surface area contributed by atoms with E-state index in [1.165, 1.54) is 25.7 Å². The van der Waals surface area contributed by atoms with Gasteiger partial charge in [0.05, 0.1) is 0 Å². The minimum absolute atomic E-state index is 0.0243. The van der Waals surface area contributed by atoms with Crippen molar-refractivity contribution < 1.29 is 9.59 Å².